The van der Waals surface area contributed by atoms with Crippen LogP contribution in [0.5, 0.6) is 11.5 Å². The molecule has 1 aliphatic rings. The molecule has 1 aromatic carbocycles. The number of carbonyl (C=O) groups excluding carboxylic acids is 1. The van der Waals surface area contributed by atoms with Crippen molar-refractivity contribution < 1.29 is 14.3 Å². The summed E-state index contributed by atoms with van der Waals surface area (Å²) in [6.45, 7) is 6.02. The Morgan fingerprint density at radius 3 is 2.44 bits per heavy atom. The Balaban J connectivity index is 0.00000261. The molecule has 3 rings (SSSR count). The van der Waals surface area contributed by atoms with Gasteiger partial charge in [0, 0.05) is 45.1 Å². The van der Waals surface area contributed by atoms with Gasteiger partial charge in [-0.1, -0.05) is 6.07 Å². The van der Waals surface area contributed by atoms with Gasteiger partial charge in [-0.05, 0) is 24.6 Å². The van der Waals surface area contributed by atoms with Gasteiger partial charge in [0.2, 0.25) is 11.9 Å². The van der Waals surface area contributed by atoms with Crippen molar-refractivity contribution in [1.82, 2.24) is 14.5 Å². The number of nitrogens with zero attached hydrogens (tertiary/aromatic N) is 4. The lowest BCUT2D eigenvalue weighted by Crippen LogP contribution is -2.49. The Morgan fingerprint density at radius 2 is 1.81 bits per heavy atom. The summed E-state index contributed by atoms with van der Waals surface area (Å²) in [4.78, 5) is 21.3. The van der Waals surface area contributed by atoms with E-state index < -0.39 is 0 Å². The Kier molecular flexibility index (Phi) is 7.36. The number of hydrogen-bond acceptors (Lipinski definition) is 5. The third kappa shape index (κ3) is 4.66. The summed E-state index contributed by atoms with van der Waals surface area (Å²) in [7, 11) is 3.20. The summed E-state index contributed by atoms with van der Waals surface area (Å²) < 4.78 is 12.7. The summed E-state index contributed by atoms with van der Waals surface area (Å²) >= 11 is 0. The van der Waals surface area contributed by atoms with Crippen LogP contribution in [0, 0.1) is 0 Å². The third-order valence-corrected chi connectivity index (χ3v) is 4.75. The number of halogens is 1. The molecule has 8 heteroatoms. The molecule has 0 bridgehead atoms. The summed E-state index contributed by atoms with van der Waals surface area (Å²) in [6.07, 6.45) is 4.18. The Labute approximate surface area is 166 Å². The number of aromatic nitrogens is 2. The number of benzene rings is 1. The Hall–Kier alpha value is -2.41. The molecule has 7 nitrogen and oxygen atoms in total. The number of anilines is 1. The minimum atomic E-state index is 0. The molecule has 1 aliphatic heterocycles. The van der Waals surface area contributed by atoms with Crippen molar-refractivity contribution in [2.45, 2.75) is 19.9 Å². The molecule has 0 saturated carbocycles. The van der Waals surface area contributed by atoms with Crippen LogP contribution < -0.4 is 14.4 Å². The van der Waals surface area contributed by atoms with Gasteiger partial charge in [-0.25, -0.2) is 4.98 Å². The average molecular weight is 395 g/mol. The number of piperazine rings is 1. The fourth-order valence-corrected chi connectivity index (χ4v) is 3.26. The van der Waals surface area contributed by atoms with Crippen LogP contribution in [0.2, 0.25) is 0 Å². The van der Waals surface area contributed by atoms with Gasteiger partial charge in [-0.2, -0.15) is 0 Å². The highest BCUT2D eigenvalue weighted by molar-refractivity contribution is 5.85. The Bertz CT molecular complexity index is 757. The molecule has 1 fully saturated rings. The van der Waals surface area contributed by atoms with Gasteiger partial charge in [-0.3, -0.25) is 4.79 Å². The summed E-state index contributed by atoms with van der Waals surface area (Å²) in [5.41, 5.74) is 0.927. The van der Waals surface area contributed by atoms with Gasteiger partial charge in [0.25, 0.3) is 0 Å². The number of carbonyl (C=O) groups is 1. The molecule has 2 aromatic rings. The first-order chi connectivity index (χ1) is 12.7. The van der Waals surface area contributed by atoms with Gasteiger partial charge in [0.15, 0.2) is 11.5 Å². The van der Waals surface area contributed by atoms with Crippen molar-refractivity contribution in [2.24, 2.45) is 0 Å². The second kappa shape index (κ2) is 9.50. The third-order valence-electron chi connectivity index (χ3n) is 4.75. The molecule has 2 heterocycles. The SMILES string of the molecule is CCn1ccnc1N1CCN(C(=O)Cc2ccc(OC)c(OC)c2)CC1.Cl. The van der Waals surface area contributed by atoms with Gasteiger partial charge < -0.3 is 23.8 Å². The molecule has 1 saturated heterocycles. The monoisotopic (exact) mass is 394 g/mol. The van der Waals surface area contributed by atoms with Crippen LogP contribution in [0.15, 0.2) is 30.6 Å². The van der Waals surface area contributed by atoms with Crippen LogP contribution >= 0.6 is 12.4 Å². The molecule has 0 atom stereocenters. The van der Waals surface area contributed by atoms with Gasteiger partial charge in [0.1, 0.15) is 0 Å². The maximum Gasteiger partial charge on any atom is 0.227 e. The first-order valence-corrected chi connectivity index (χ1v) is 8.91. The predicted octanol–water partition coefficient (Wildman–Crippen LogP) is 2.23. The van der Waals surface area contributed by atoms with Crippen LogP contribution in [0.3, 0.4) is 0 Å². The Morgan fingerprint density at radius 1 is 1.11 bits per heavy atom. The number of amides is 1. The van der Waals surface area contributed by atoms with Gasteiger partial charge in [0.05, 0.1) is 20.6 Å². The minimum absolute atomic E-state index is 0. The second-order valence-electron chi connectivity index (χ2n) is 6.25. The lowest BCUT2D eigenvalue weighted by molar-refractivity contribution is -0.130. The van der Waals surface area contributed by atoms with Crippen LogP contribution in [0.25, 0.3) is 0 Å². The average Bonchev–Trinajstić information content (AvgIpc) is 3.16. The second-order valence-corrected chi connectivity index (χ2v) is 6.25. The number of hydrogen-bond donors (Lipinski definition) is 0. The van der Waals surface area contributed by atoms with E-state index in [-0.39, 0.29) is 18.3 Å². The topological polar surface area (TPSA) is 59.8 Å². The summed E-state index contributed by atoms with van der Waals surface area (Å²) in [5.74, 6) is 2.44. The molecule has 27 heavy (non-hydrogen) atoms. The highest BCUT2D eigenvalue weighted by atomic mass is 35.5. The largest absolute Gasteiger partial charge is 0.493 e. The zero-order valence-electron chi connectivity index (χ0n) is 16.1. The van der Waals surface area contributed by atoms with E-state index in [2.05, 4.69) is 21.4 Å². The normalized spacial score (nSPS) is 13.9. The molecule has 0 radical (unpaired) electrons. The number of aryl methyl sites for hydroxylation is 1. The molecule has 1 aromatic heterocycles. The van der Waals surface area contributed by atoms with Crippen molar-refractivity contribution in [1.29, 1.82) is 0 Å². The highest BCUT2D eigenvalue weighted by Gasteiger charge is 2.23. The van der Waals surface area contributed by atoms with E-state index in [0.717, 1.165) is 31.1 Å². The van der Waals surface area contributed by atoms with Crippen molar-refractivity contribution in [2.75, 3.05) is 45.3 Å². The van der Waals surface area contributed by atoms with E-state index in [1.165, 1.54) is 0 Å². The van der Waals surface area contributed by atoms with E-state index in [9.17, 15) is 4.79 Å². The fraction of sp³-hybridized carbons (Fsp3) is 0.474. The van der Waals surface area contributed by atoms with Crippen molar-refractivity contribution >= 4 is 24.3 Å². The van der Waals surface area contributed by atoms with Crippen molar-refractivity contribution in [3.05, 3.63) is 36.2 Å². The van der Waals surface area contributed by atoms with Crippen molar-refractivity contribution in [3.8, 4) is 11.5 Å². The maximum absolute atomic E-state index is 12.7. The fourth-order valence-electron chi connectivity index (χ4n) is 3.26. The first-order valence-electron chi connectivity index (χ1n) is 8.91. The van der Waals surface area contributed by atoms with E-state index >= 15 is 0 Å². The molecule has 0 aliphatic carbocycles. The predicted molar refractivity (Wildman–Crippen MR) is 107 cm³/mol. The van der Waals surface area contributed by atoms with Crippen LogP contribution in [0.4, 0.5) is 5.95 Å². The molecule has 148 valence electrons. The zero-order chi connectivity index (χ0) is 18.5. The number of ether oxygens (including phenoxy) is 2. The van der Waals surface area contributed by atoms with E-state index in [0.29, 0.717) is 31.0 Å². The van der Waals surface area contributed by atoms with Crippen LogP contribution in [0.1, 0.15) is 12.5 Å². The lowest BCUT2D eigenvalue weighted by atomic mass is 10.1. The number of rotatable bonds is 6. The van der Waals surface area contributed by atoms with Crippen LogP contribution in [-0.2, 0) is 17.8 Å². The summed E-state index contributed by atoms with van der Waals surface area (Å²) in [6, 6.07) is 5.61. The molecule has 0 N–H and O–H groups in total. The maximum atomic E-state index is 12.7. The van der Waals surface area contributed by atoms with E-state index in [1.54, 1.807) is 14.2 Å². The minimum Gasteiger partial charge on any atom is -0.493 e. The first kappa shape index (κ1) is 20.9. The summed E-state index contributed by atoms with van der Waals surface area (Å²) in [5, 5.41) is 0. The van der Waals surface area contributed by atoms with Gasteiger partial charge >= 0.3 is 0 Å². The standard InChI is InChI=1S/C19H26N4O3.ClH/c1-4-21-8-7-20-19(21)23-11-9-22(10-12-23)18(24)14-15-5-6-16(25-2)17(13-15)26-3;/h5-8,13H,4,9-12,14H2,1-3H3;1H. The molecular formula is C19H27ClN4O3. The smallest absolute Gasteiger partial charge is 0.227 e. The lowest BCUT2D eigenvalue weighted by Gasteiger charge is -2.35. The van der Waals surface area contributed by atoms with Gasteiger partial charge in [-0.15, -0.1) is 12.4 Å². The molecule has 0 spiro atoms. The van der Waals surface area contributed by atoms with Crippen molar-refractivity contribution in [3.63, 3.8) is 0 Å². The zero-order valence-corrected chi connectivity index (χ0v) is 16.9. The molecular weight excluding hydrogens is 368 g/mol. The highest BCUT2D eigenvalue weighted by Crippen LogP contribution is 2.28. The van der Waals surface area contributed by atoms with E-state index in [1.807, 2.05) is 35.5 Å². The number of methoxy groups -OCH3 is 2. The molecule has 0 unspecified atom stereocenters. The number of imidazole rings is 1. The molecule has 1 amide bonds. The van der Waals surface area contributed by atoms with E-state index in [4.69, 9.17) is 9.47 Å². The quantitative estimate of drug-likeness (QED) is 0.752. The van der Waals surface area contributed by atoms with Crippen LogP contribution in [-0.4, -0.2) is 60.8 Å².